The maximum Gasteiger partial charge on any atom is 0.0462 e. The predicted molar refractivity (Wildman–Crippen MR) is 185 cm³/mol. The fraction of sp³-hybridized carbons (Fsp3) is 0.116. The molecular weight excluding hydrogens is 530 g/mol. The van der Waals surface area contributed by atoms with Gasteiger partial charge >= 0.3 is 0 Å². The van der Waals surface area contributed by atoms with Crippen LogP contribution >= 0.6 is 0 Å². The molecule has 212 valence electrons. The maximum absolute atomic E-state index is 2.47. The molecule has 2 aliphatic carbocycles. The predicted octanol–water partition coefficient (Wildman–Crippen LogP) is 11.4. The number of rotatable bonds is 5. The van der Waals surface area contributed by atoms with E-state index >= 15 is 0 Å². The minimum Gasteiger partial charge on any atom is -0.311 e. The van der Waals surface area contributed by atoms with Gasteiger partial charge in [-0.15, -0.1) is 0 Å². The van der Waals surface area contributed by atoms with E-state index in [1.165, 1.54) is 44.5 Å². The van der Waals surface area contributed by atoms with Gasteiger partial charge in [-0.05, 0) is 75.3 Å². The zero-order chi connectivity index (χ0) is 29.7. The van der Waals surface area contributed by atoms with Crippen LogP contribution in [0, 0.1) is 0 Å². The number of para-hydroxylation sites is 1. The lowest BCUT2D eigenvalue weighted by molar-refractivity contribution is 0.587. The number of nitrogens with zero attached hydrogens (tertiary/aromatic N) is 1. The Balaban J connectivity index is 1.21. The van der Waals surface area contributed by atoms with Gasteiger partial charge in [-0.2, -0.15) is 0 Å². The van der Waals surface area contributed by atoms with Crippen LogP contribution in [0.1, 0.15) is 53.5 Å². The van der Waals surface area contributed by atoms with Crippen LogP contribution < -0.4 is 4.90 Å². The Morgan fingerprint density at radius 2 is 0.977 bits per heavy atom. The Morgan fingerprint density at radius 1 is 0.455 bits per heavy atom. The van der Waals surface area contributed by atoms with Crippen molar-refractivity contribution < 1.29 is 0 Å². The van der Waals surface area contributed by atoms with Gasteiger partial charge in [0.15, 0.2) is 0 Å². The van der Waals surface area contributed by atoms with Crippen molar-refractivity contribution in [1.82, 2.24) is 0 Å². The molecule has 1 heteroatoms. The van der Waals surface area contributed by atoms with E-state index in [2.05, 4.69) is 183 Å². The van der Waals surface area contributed by atoms with E-state index in [1.807, 2.05) is 0 Å². The van der Waals surface area contributed by atoms with Crippen LogP contribution in [0.2, 0.25) is 0 Å². The normalized spacial score (nSPS) is 17.6. The van der Waals surface area contributed by atoms with E-state index < -0.39 is 0 Å². The highest BCUT2D eigenvalue weighted by Crippen LogP contribution is 2.60. The van der Waals surface area contributed by atoms with Gasteiger partial charge in [0, 0.05) is 34.3 Å². The molecule has 44 heavy (non-hydrogen) atoms. The minimum absolute atomic E-state index is 0.00298. The number of fused-ring (bicyclic) bond motifs is 4. The highest BCUT2D eigenvalue weighted by molar-refractivity contribution is 5.79. The Labute approximate surface area is 260 Å². The molecule has 2 aliphatic rings. The lowest BCUT2D eigenvalue weighted by Crippen LogP contribution is -2.23. The SMILES string of the molecule is CC1(C)C2=Cc3ccccc3C(c3ccc(N(c4ccccc4)c4ccc(-c5ccccc5)cc4)cc3)C2c2ccccc21. The summed E-state index contributed by atoms with van der Waals surface area (Å²) < 4.78 is 0. The van der Waals surface area contributed by atoms with Gasteiger partial charge in [-0.25, -0.2) is 0 Å². The maximum atomic E-state index is 2.47. The number of benzene rings is 6. The molecule has 2 unspecified atom stereocenters. The smallest absolute Gasteiger partial charge is 0.0462 e. The second-order valence-electron chi connectivity index (χ2n) is 12.6. The van der Waals surface area contributed by atoms with Crippen molar-refractivity contribution in [1.29, 1.82) is 0 Å². The summed E-state index contributed by atoms with van der Waals surface area (Å²) in [6.07, 6.45) is 2.47. The van der Waals surface area contributed by atoms with E-state index in [9.17, 15) is 0 Å². The molecule has 0 spiro atoms. The molecule has 0 heterocycles. The summed E-state index contributed by atoms with van der Waals surface area (Å²) >= 11 is 0. The fourth-order valence-corrected chi connectivity index (χ4v) is 7.61. The second-order valence-corrected chi connectivity index (χ2v) is 12.6. The molecular formula is C43H35N. The minimum atomic E-state index is 0.00298. The van der Waals surface area contributed by atoms with Crippen LogP contribution in [0.4, 0.5) is 17.1 Å². The number of hydrogen-bond acceptors (Lipinski definition) is 1. The molecule has 0 bridgehead atoms. The molecule has 0 saturated heterocycles. The Morgan fingerprint density at radius 3 is 1.68 bits per heavy atom. The van der Waals surface area contributed by atoms with Crippen LogP contribution in [-0.4, -0.2) is 0 Å². The summed E-state index contributed by atoms with van der Waals surface area (Å²) in [7, 11) is 0. The highest BCUT2D eigenvalue weighted by Gasteiger charge is 2.47. The van der Waals surface area contributed by atoms with Crippen molar-refractivity contribution >= 4 is 23.1 Å². The topological polar surface area (TPSA) is 3.24 Å². The number of allylic oxidation sites excluding steroid dienone is 1. The monoisotopic (exact) mass is 565 g/mol. The zero-order valence-corrected chi connectivity index (χ0v) is 25.2. The molecule has 0 radical (unpaired) electrons. The molecule has 6 aromatic rings. The lowest BCUT2D eigenvalue weighted by Gasteiger charge is -2.35. The lowest BCUT2D eigenvalue weighted by atomic mass is 9.68. The third-order valence-corrected chi connectivity index (χ3v) is 9.76. The molecule has 8 rings (SSSR count). The molecule has 1 nitrogen and oxygen atoms in total. The van der Waals surface area contributed by atoms with Crippen LogP contribution in [-0.2, 0) is 5.41 Å². The van der Waals surface area contributed by atoms with E-state index in [-0.39, 0.29) is 11.3 Å². The quantitative estimate of drug-likeness (QED) is 0.201. The number of anilines is 3. The molecule has 2 atom stereocenters. The fourth-order valence-electron chi connectivity index (χ4n) is 7.61. The van der Waals surface area contributed by atoms with Crippen LogP contribution in [0.25, 0.3) is 17.2 Å². The molecule has 6 aromatic carbocycles. The van der Waals surface area contributed by atoms with Crippen LogP contribution in [0.15, 0.2) is 163 Å². The number of hydrogen-bond donors (Lipinski definition) is 0. The van der Waals surface area contributed by atoms with E-state index in [0.29, 0.717) is 5.92 Å². The van der Waals surface area contributed by atoms with Gasteiger partial charge in [-0.3, -0.25) is 0 Å². The summed E-state index contributed by atoms with van der Waals surface area (Å²) in [6.45, 7) is 4.79. The first kappa shape index (κ1) is 26.5. The van der Waals surface area contributed by atoms with Crippen molar-refractivity contribution in [2.24, 2.45) is 0 Å². The third-order valence-electron chi connectivity index (χ3n) is 9.76. The van der Waals surface area contributed by atoms with Crippen LogP contribution in [0.3, 0.4) is 0 Å². The summed E-state index contributed by atoms with van der Waals surface area (Å²) in [6, 6.07) is 57.6. The Kier molecular flexibility index (Phi) is 6.34. The second kappa shape index (κ2) is 10.5. The van der Waals surface area contributed by atoms with Crippen molar-refractivity contribution in [2.45, 2.75) is 31.1 Å². The van der Waals surface area contributed by atoms with E-state index in [4.69, 9.17) is 0 Å². The average molecular weight is 566 g/mol. The van der Waals surface area contributed by atoms with Gasteiger partial charge in [0.25, 0.3) is 0 Å². The van der Waals surface area contributed by atoms with Crippen molar-refractivity contribution in [3.63, 3.8) is 0 Å². The summed E-state index contributed by atoms with van der Waals surface area (Å²) in [5.41, 5.74) is 14.5. The molecule has 0 saturated carbocycles. The van der Waals surface area contributed by atoms with Gasteiger partial charge in [0.1, 0.15) is 0 Å². The highest BCUT2D eigenvalue weighted by atomic mass is 15.1. The first-order valence-electron chi connectivity index (χ1n) is 15.6. The standard InChI is InChI=1S/C43H35N/c1-43(2)39-20-12-11-19-38(39)42-40(43)29-33-15-9-10-18-37(33)41(42)32-23-27-36(28-24-32)44(34-16-7-4-8-17-34)35-25-21-31(22-26-35)30-13-5-3-6-14-30/h3-29,41-42H,1-2H3. The molecule has 0 aliphatic heterocycles. The van der Waals surface area contributed by atoms with Crippen molar-refractivity contribution in [3.05, 3.63) is 191 Å². The molecule has 0 fully saturated rings. The molecule has 0 aromatic heterocycles. The largest absolute Gasteiger partial charge is 0.311 e. The van der Waals surface area contributed by atoms with Crippen molar-refractivity contribution in [3.8, 4) is 11.1 Å². The summed E-state index contributed by atoms with van der Waals surface area (Å²) in [5, 5.41) is 0. The van der Waals surface area contributed by atoms with Gasteiger partial charge in [-0.1, -0.05) is 147 Å². The first-order chi connectivity index (χ1) is 21.6. The van der Waals surface area contributed by atoms with E-state index in [0.717, 1.165) is 17.1 Å². The molecule has 0 amide bonds. The van der Waals surface area contributed by atoms with E-state index in [1.54, 1.807) is 0 Å². The van der Waals surface area contributed by atoms with Gasteiger partial charge in [0.05, 0.1) is 0 Å². The summed E-state index contributed by atoms with van der Waals surface area (Å²) in [4.78, 5) is 2.35. The van der Waals surface area contributed by atoms with Crippen LogP contribution in [0.5, 0.6) is 0 Å². The first-order valence-corrected chi connectivity index (χ1v) is 15.6. The summed E-state index contributed by atoms with van der Waals surface area (Å²) in [5.74, 6) is 0.594. The van der Waals surface area contributed by atoms with Gasteiger partial charge in [0.2, 0.25) is 0 Å². The Hall–Kier alpha value is -5.14. The third kappa shape index (κ3) is 4.31. The van der Waals surface area contributed by atoms with Gasteiger partial charge < -0.3 is 4.90 Å². The van der Waals surface area contributed by atoms with Crippen molar-refractivity contribution in [2.75, 3.05) is 4.90 Å². The zero-order valence-electron chi connectivity index (χ0n) is 25.2. The molecule has 0 N–H and O–H groups in total. The Bertz CT molecular complexity index is 1970. The average Bonchev–Trinajstić information content (AvgIpc) is 3.31.